The maximum atomic E-state index is 8.28. The molecule has 0 amide bonds. The summed E-state index contributed by atoms with van der Waals surface area (Å²) in [5.41, 5.74) is 0.969. The summed E-state index contributed by atoms with van der Waals surface area (Å²) in [5, 5.41) is 8.28. The summed E-state index contributed by atoms with van der Waals surface area (Å²) in [5.74, 6) is 0. The fourth-order valence-corrected chi connectivity index (χ4v) is 0.647. The van der Waals surface area contributed by atoms with Crippen LogP contribution in [0.2, 0.25) is 0 Å². The Labute approximate surface area is 59.3 Å². The first-order valence-corrected chi connectivity index (χ1v) is 3.01. The number of aliphatic hydroxyl groups is 1. The van der Waals surface area contributed by atoms with Crippen LogP contribution in [0.15, 0.2) is 24.5 Å². The third kappa shape index (κ3) is 2.13. The zero-order valence-corrected chi connectivity index (χ0v) is 5.53. The van der Waals surface area contributed by atoms with Crippen molar-refractivity contribution in [3.63, 3.8) is 0 Å². The van der Waals surface area contributed by atoms with Gasteiger partial charge in [0, 0.05) is 12.4 Å². The average molecular weight is 139 g/mol. The van der Waals surface area contributed by atoms with Crippen LogP contribution in [0.3, 0.4) is 0 Å². The van der Waals surface area contributed by atoms with Gasteiger partial charge in [-0.2, -0.15) is 0 Å². The first-order valence-electron chi connectivity index (χ1n) is 3.01. The van der Waals surface area contributed by atoms with Crippen LogP contribution < -0.4 is 0 Å². The molecule has 1 aromatic rings. The zero-order chi connectivity index (χ0) is 7.23. The Bertz CT molecular complexity index is 176. The molecule has 3 nitrogen and oxygen atoms in total. The Balaban J connectivity index is 2.43. The fourth-order valence-electron chi connectivity index (χ4n) is 0.647. The lowest BCUT2D eigenvalue weighted by Crippen LogP contribution is -1.93. The monoisotopic (exact) mass is 139 g/mol. The van der Waals surface area contributed by atoms with Gasteiger partial charge in [-0.25, -0.2) is 0 Å². The van der Waals surface area contributed by atoms with Gasteiger partial charge in [0.1, 0.15) is 6.79 Å². The molecule has 0 aliphatic carbocycles. The first kappa shape index (κ1) is 7.18. The van der Waals surface area contributed by atoms with Crippen molar-refractivity contribution >= 4 is 0 Å². The molecular formula is C7H9NO2. The summed E-state index contributed by atoms with van der Waals surface area (Å²) in [6.07, 6.45) is 3.40. The Morgan fingerprint density at radius 3 is 3.10 bits per heavy atom. The van der Waals surface area contributed by atoms with Gasteiger partial charge in [0.25, 0.3) is 0 Å². The Kier molecular flexibility index (Phi) is 2.86. The van der Waals surface area contributed by atoms with Crippen LogP contribution in [0.5, 0.6) is 0 Å². The van der Waals surface area contributed by atoms with E-state index in [1.54, 1.807) is 12.4 Å². The van der Waals surface area contributed by atoms with E-state index in [-0.39, 0.29) is 6.79 Å². The molecule has 0 saturated carbocycles. The number of aromatic nitrogens is 1. The summed E-state index contributed by atoms with van der Waals surface area (Å²) in [6.45, 7) is 0.180. The molecule has 1 aromatic heterocycles. The van der Waals surface area contributed by atoms with E-state index in [4.69, 9.17) is 9.84 Å². The number of aliphatic hydroxyl groups excluding tert-OH is 1. The van der Waals surface area contributed by atoms with Crippen molar-refractivity contribution in [3.05, 3.63) is 30.1 Å². The van der Waals surface area contributed by atoms with Gasteiger partial charge in [0.05, 0.1) is 6.61 Å². The molecule has 3 heteroatoms. The topological polar surface area (TPSA) is 42.4 Å². The predicted octanol–water partition coefficient (Wildman–Crippen LogP) is 0.548. The van der Waals surface area contributed by atoms with Crippen LogP contribution in [0.4, 0.5) is 0 Å². The number of rotatable bonds is 3. The summed E-state index contributed by atoms with van der Waals surface area (Å²) >= 11 is 0. The van der Waals surface area contributed by atoms with E-state index >= 15 is 0 Å². The van der Waals surface area contributed by atoms with E-state index in [1.807, 2.05) is 12.1 Å². The second kappa shape index (κ2) is 3.98. The summed E-state index contributed by atoms with van der Waals surface area (Å²) < 4.78 is 4.74. The quantitative estimate of drug-likeness (QED) is 0.622. The lowest BCUT2D eigenvalue weighted by molar-refractivity contribution is -0.0113. The molecule has 1 rings (SSSR count). The van der Waals surface area contributed by atoms with Crippen molar-refractivity contribution in [1.29, 1.82) is 0 Å². The molecule has 1 N–H and O–H groups in total. The van der Waals surface area contributed by atoms with Crippen LogP contribution in [0.25, 0.3) is 0 Å². The SMILES string of the molecule is OCOCc1cccnc1. The molecule has 0 unspecified atom stereocenters. The smallest absolute Gasteiger partial charge is 0.144 e. The highest BCUT2D eigenvalue weighted by atomic mass is 16.6. The van der Waals surface area contributed by atoms with E-state index in [2.05, 4.69) is 4.98 Å². The molecular weight excluding hydrogens is 130 g/mol. The standard InChI is InChI=1S/C7H9NO2/c9-6-10-5-7-2-1-3-8-4-7/h1-4,9H,5-6H2. The van der Waals surface area contributed by atoms with Gasteiger partial charge < -0.3 is 9.84 Å². The molecule has 1 heterocycles. The highest BCUT2D eigenvalue weighted by Gasteiger charge is 1.88. The van der Waals surface area contributed by atoms with Crippen molar-refractivity contribution in [1.82, 2.24) is 4.98 Å². The van der Waals surface area contributed by atoms with E-state index in [0.29, 0.717) is 6.61 Å². The van der Waals surface area contributed by atoms with Gasteiger partial charge in [-0.3, -0.25) is 4.98 Å². The molecule has 0 aliphatic heterocycles. The van der Waals surface area contributed by atoms with E-state index in [0.717, 1.165) is 5.56 Å². The minimum Gasteiger partial charge on any atom is -0.371 e. The van der Waals surface area contributed by atoms with E-state index < -0.39 is 0 Å². The highest BCUT2D eigenvalue weighted by molar-refractivity contribution is 5.06. The van der Waals surface area contributed by atoms with Crippen molar-refractivity contribution in [2.24, 2.45) is 0 Å². The lowest BCUT2D eigenvalue weighted by Gasteiger charge is -1.97. The highest BCUT2D eigenvalue weighted by Crippen LogP contribution is 1.96. The van der Waals surface area contributed by atoms with Gasteiger partial charge in [0.15, 0.2) is 0 Å². The third-order valence-corrected chi connectivity index (χ3v) is 1.08. The molecule has 10 heavy (non-hydrogen) atoms. The number of hydrogen-bond acceptors (Lipinski definition) is 3. The molecule has 0 radical (unpaired) electrons. The Morgan fingerprint density at radius 2 is 2.50 bits per heavy atom. The molecule has 0 spiro atoms. The van der Waals surface area contributed by atoms with Crippen molar-refractivity contribution in [3.8, 4) is 0 Å². The molecule has 0 aromatic carbocycles. The second-order valence-corrected chi connectivity index (χ2v) is 1.84. The van der Waals surface area contributed by atoms with E-state index in [1.165, 1.54) is 0 Å². The molecule has 0 bridgehead atoms. The summed E-state index contributed by atoms with van der Waals surface area (Å²) in [6, 6.07) is 3.72. The van der Waals surface area contributed by atoms with Crippen LogP contribution in [0, 0.1) is 0 Å². The zero-order valence-electron chi connectivity index (χ0n) is 5.53. The fraction of sp³-hybridized carbons (Fsp3) is 0.286. The maximum Gasteiger partial charge on any atom is 0.144 e. The first-order chi connectivity index (χ1) is 4.93. The largest absolute Gasteiger partial charge is 0.371 e. The normalized spacial score (nSPS) is 9.70. The average Bonchev–Trinajstić information content (AvgIpc) is 2.03. The number of pyridine rings is 1. The third-order valence-electron chi connectivity index (χ3n) is 1.08. The van der Waals surface area contributed by atoms with Crippen LogP contribution in [0.1, 0.15) is 5.56 Å². The molecule has 0 fully saturated rings. The molecule has 0 atom stereocenters. The van der Waals surface area contributed by atoms with Crippen molar-refractivity contribution in [2.45, 2.75) is 6.61 Å². The second-order valence-electron chi connectivity index (χ2n) is 1.84. The predicted molar refractivity (Wildman–Crippen MR) is 36.1 cm³/mol. The van der Waals surface area contributed by atoms with Crippen LogP contribution in [-0.4, -0.2) is 16.9 Å². The van der Waals surface area contributed by atoms with E-state index in [9.17, 15) is 0 Å². The van der Waals surface area contributed by atoms with Crippen LogP contribution >= 0.6 is 0 Å². The minimum absolute atomic E-state index is 0.241. The molecule has 54 valence electrons. The minimum atomic E-state index is -0.241. The van der Waals surface area contributed by atoms with Crippen molar-refractivity contribution in [2.75, 3.05) is 6.79 Å². The summed E-state index contributed by atoms with van der Waals surface area (Å²) in [4.78, 5) is 3.88. The van der Waals surface area contributed by atoms with Gasteiger partial charge in [-0.1, -0.05) is 6.07 Å². The Morgan fingerprint density at radius 1 is 1.60 bits per heavy atom. The maximum absolute atomic E-state index is 8.28. The van der Waals surface area contributed by atoms with Gasteiger partial charge in [-0.15, -0.1) is 0 Å². The van der Waals surface area contributed by atoms with Crippen molar-refractivity contribution < 1.29 is 9.84 Å². The molecule has 0 aliphatic rings. The summed E-state index contributed by atoms with van der Waals surface area (Å²) in [7, 11) is 0. The lowest BCUT2D eigenvalue weighted by atomic mass is 10.3. The van der Waals surface area contributed by atoms with Gasteiger partial charge >= 0.3 is 0 Å². The number of nitrogens with zero attached hydrogens (tertiary/aromatic N) is 1. The number of hydrogen-bond donors (Lipinski definition) is 1. The van der Waals surface area contributed by atoms with Gasteiger partial charge in [0.2, 0.25) is 0 Å². The van der Waals surface area contributed by atoms with Crippen LogP contribution in [-0.2, 0) is 11.3 Å². The molecule has 0 saturated heterocycles. The number of ether oxygens (including phenoxy) is 1. The Hall–Kier alpha value is -0.930. The van der Waals surface area contributed by atoms with Gasteiger partial charge in [-0.05, 0) is 11.6 Å².